The van der Waals surface area contributed by atoms with Gasteiger partial charge >= 0.3 is 0 Å². The van der Waals surface area contributed by atoms with Crippen molar-refractivity contribution < 1.29 is 0 Å². The van der Waals surface area contributed by atoms with Crippen molar-refractivity contribution in [2.45, 2.75) is 25.8 Å². The van der Waals surface area contributed by atoms with E-state index in [9.17, 15) is 0 Å². The van der Waals surface area contributed by atoms with E-state index in [2.05, 4.69) is 46.2 Å². The minimum atomic E-state index is 0.299. The molecule has 1 heterocycles. The van der Waals surface area contributed by atoms with Gasteiger partial charge in [0, 0.05) is 22.1 Å². The fourth-order valence-electron chi connectivity index (χ4n) is 2.75. The minimum absolute atomic E-state index is 0.299. The average molecular weight is 346 g/mol. The van der Waals surface area contributed by atoms with Crippen LogP contribution in [0.5, 0.6) is 0 Å². The molecule has 1 aliphatic heterocycles. The fraction of sp³-hybridized carbons (Fsp3) is 0.600. The monoisotopic (exact) mass is 344 g/mol. The first-order valence-corrected chi connectivity index (χ1v) is 8.10. The smallest absolute Gasteiger partial charge is 0.0464 e. The lowest BCUT2D eigenvalue weighted by Gasteiger charge is -2.30. The molecule has 1 saturated heterocycles. The summed E-state index contributed by atoms with van der Waals surface area (Å²) >= 11 is 9.73. The van der Waals surface area contributed by atoms with Crippen LogP contribution in [-0.4, -0.2) is 31.6 Å². The second-order valence-corrected chi connectivity index (χ2v) is 6.89. The zero-order valence-corrected chi connectivity index (χ0v) is 14.0. The van der Waals surface area contributed by atoms with Crippen LogP contribution in [0.2, 0.25) is 5.02 Å². The van der Waals surface area contributed by atoms with Crippen molar-refractivity contribution in [3.8, 4) is 0 Å². The molecule has 19 heavy (non-hydrogen) atoms. The normalized spacial score (nSPS) is 22.4. The van der Waals surface area contributed by atoms with E-state index in [-0.39, 0.29) is 0 Å². The second-order valence-electron chi connectivity index (χ2n) is 5.57. The molecule has 0 bridgehead atoms. The lowest BCUT2D eigenvalue weighted by atomic mass is 9.97. The van der Waals surface area contributed by atoms with Crippen LogP contribution in [0.4, 0.5) is 0 Å². The van der Waals surface area contributed by atoms with Crippen LogP contribution in [0.3, 0.4) is 0 Å². The number of rotatable bonds is 4. The van der Waals surface area contributed by atoms with Crippen molar-refractivity contribution in [3.05, 3.63) is 33.3 Å². The highest BCUT2D eigenvalue weighted by atomic mass is 79.9. The van der Waals surface area contributed by atoms with E-state index < -0.39 is 0 Å². The molecular weight excluding hydrogens is 324 g/mol. The highest BCUT2D eigenvalue weighted by Gasteiger charge is 2.18. The summed E-state index contributed by atoms with van der Waals surface area (Å²) in [7, 11) is 2.21. The molecule has 0 spiro atoms. The first-order valence-electron chi connectivity index (χ1n) is 6.93. The lowest BCUT2D eigenvalue weighted by molar-refractivity contribution is 0.203. The maximum absolute atomic E-state index is 6.29. The Morgan fingerprint density at radius 3 is 3.00 bits per heavy atom. The third-order valence-electron chi connectivity index (χ3n) is 3.86. The molecule has 2 unspecified atom stereocenters. The van der Waals surface area contributed by atoms with E-state index in [0.717, 1.165) is 22.0 Å². The number of nitrogens with zero attached hydrogens (tertiary/aromatic N) is 1. The van der Waals surface area contributed by atoms with Crippen molar-refractivity contribution in [2.75, 3.05) is 26.7 Å². The molecule has 4 heteroatoms. The summed E-state index contributed by atoms with van der Waals surface area (Å²) in [5, 5.41) is 4.45. The Morgan fingerprint density at radius 2 is 2.32 bits per heavy atom. The van der Waals surface area contributed by atoms with Crippen LogP contribution >= 0.6 is 27.5 Å². The summed E-state index contributed by atoms with van der Waals surface area (Å²) in [6.07, 6.45) is 2.65. The quantitative estimate of drug-likeness (QED) is 0.884. The van der Waals surface area contributed by atoms with Gasteiger partial charge in [0.2, 0.25) is 0 Å². The maximum Gasteiger partial charge on any atom is 0.0464 e. The number of hydrogen-bond donors (Lipinski definition) is 1. The van der Waals surface area contributed by atoms with Gasteiger partial charge in [-0.15, -0.1) is 0 Å². The molecule has 1 fully saturated rings. The summed E-state index contributed by atoms with van der Waals surface area (Å²) in [6.45, 7) is 5.69. The van der Waals surface area contributed by atoms with Gasteiger partial charge in [-0.1, -0.05) is 33.6 Å². The predicted octanol–water partition coefficient (Wildman–Crippen LogP) is 4.09. The number of halogens is 2. The van der Waals surface area contributed by atoms with Crippen LogP contribution in [0.15, 0.2) is 22.7 Å². The van der Waals surface area contributed by atoms with E-state index in [0.29, 0.717) is 6.04 Å². The molecule has 2 nitrogen and oxygen atoms in total. The van der Waals surface area contributed by atoms with E-state index in [4.69, 9.17) is 11.6 Å². The SMILES string of the molecule is CC(NCC1CCCN(C)C1)c1ccc(Br)cc1Cl. The summed E-state index contributed by atoms with van der Waals surface area (Å²) in [4.78, 5) is 2.42. The summed E-state index contributed by atoms with van der Waals surface area (Å²) in [5.74, 6) is 0.760. The molecule has 2 rings (SSSR count). The third kappa shape index (κ3) is 4.45. The van der Waals surface area contributed by atoms with Crippen LogP contribution in [0.25, 0.3) is 0 Å². The van der Waals surface area contributed by atoms with Crippen LogP contribution < -0.4 is 5.32 Å². The summed E-state index contributed by atoms with van der Waals surface area (Å²) in [5.41, 5.74) is 1.18. The zero-order valence-electron chi connectivity index (χ0n) is 11.6. The molecule has 106 valence electrons. The van der Waals surface area contributed by atoms with Gasteiger partial charge in [0.1, 0.15) is 0 Å². The van der Waals surface area contributed by atoms with Crippen LogP contribution in [0, 0.1) is 5.92 Å². The number of hydrogen-bond acceptors (Lipinski definition) is 2. The van der Waals surface area contributed by atoms with Crippen LogP contribution in [-0.2, 0) is 0 Å². The first kappa shape index (κ1) is 15.3. The lowest BCUT2D eigenvalue weighted by Crippen LogP contribution is -2.38. The molecule has 1 N–H and O–H groups in total. The minimum Gasteiger partial charge on any atom is -0.310 e. The van der Waals surface area contributed by atoms with Gasteiger partial charge in [-0.2, -0.15) is 0 Å². The standard InChI is InChI=1S/C15H22BrClN2/c1-11(14-6-5-13(16)8-15(14)17)18-9-12-4-3-7-19(2)10-12/h5-6,8,11-12,18H,3-4,7,9-10H2,1-2H3. The van der Waals surface area contributed by atoms with Gasteiger partial charge in [0.15, 0.2) is 0 Å². The van der Waals surface area contributed by atoms with E-state index in [1.165, 1.54) is 31.5 Å². The Morgan fingerprint density at radius 1 is 1.53 bits per heavy atom. The Kier molecular flexibility index (Phi) is 5.70. The Labute approximate surface area is 129 Å². The number of likely N-dealkylation sites (tertiary alicyclic amines) is 1. The molecule has 1 aliphatic rings. The number of benzene rings is 1. The first-order chi connectivity index (χ1) is 9.06. The third-order valence-corrected chi connectivity index (χ3v) is 4.68. The Balaban J connectivity index is 1.88. The van der Waals surface area contributed by atoms with Crippen molar-refractivity contribution in [1.82, 2.24) is 10.2 Å². The van der Waals surface area contributed by atoms with Crippen molar-refractivity contribution in [2.24, 2.45) is 5.92 Å². The van der Waals surface area contributed by atoms with E-state index in [1.54, 1.807) is 0 Å². The average Bonchev–Trinajstić information content (AvgIpc) is 2.36. The van der Waals surface area contributed by atoms with Crippen LogP contribution in [0.1, 0.15) is 31.4 Å². The van der Waals surface area contributed by atoms with Crippen molar-refractivity contribution >= 4 is 27.5 Å². The topological polar surface area (TPSA) is 15.3 Å². The molecular formula is C15H22BrClN2. The van der Waals surface area contributed by atoms with Gasteiger partial charge in [0.05, 0.1) is 0 Å². The largest absolute Gasteiger partial charge is 0.310 e. The molecule has 0 amide bonds. The molecule has 0 aromatic heterocycles. The predicted molar refractivity (Wildman–Crippen MR) is 85.8 cm³/mol. The summed E-state index contributed by atoms with van der Waals surface area (Å²) < 4.78 is 1.03. The molecule has 0 aliphatic carbocycles. The van der Waals surface area contributed by atoms with E-state index >= 15 is 0 Å². The Hall–Kier alpha value is -0.0900. The number of nitrogens with one attached hydrogen (secondary N) is 1. The van der Waals surface area contributed by atoms with Gasteiger partial charge in [-0.05, 0) is 63.5 Å². The maximum atomic E-state index is 6.29. The van der Waals surface area contributed by atoms with Gasteiger partial charge in [-0.3, -0.25) is 0 Å². The molecule has 1 aromatic rings. The highest BCUT2D eigenvalue weighted by Crippen LogP contribution is 2.26. The molecule has 0 saturated carbocycles. The Bertz CT molecular complexity index is 425. The zero-order chi connectivity index (χ0) is 13.8. The van der Waals surface area contributed by atoms with Gasteiger partial charge < -0.3 is 10.2 Å². The van der Waals surface area contributed by atoms with E-state index in [1.807, 2.05) is 12.1 Å². The second kappa shape index (κ2) is 7.07. The highest BCUT2D eigenvalue weighted by molar-refractivity contribution is 9.10. The van der Waals surface area contributed by atoms with Crippen molar-refractivity contribution in [3.63, 3.8) is 0 Å². The van der Waals surface area contributed by atoms with Crippen molar-refractivity contribution in [1.29, 1.82) is 0 Å². The van der Waals surface area contributed by atoms with Gasteiger partial charge in [-0.25, -0.2) is 0 Å². The fourth-order valence-corrected chi connectivity index (χ4v) is 3.58. The van der Waals surface area contributed by atoms with Gasteiger partial charge in [0.25, 0.3) is 0 Å². The molecule has 0 radical (unpaired) electrons. The molecule has 2 atom stereocenters. The molecule has 1 aromatic carbocycles. The number of piperidine rings is 1. The summed E-state index contributed by atoms with van der Waals surface area (Å²) in [6, 6.07) is 6.40.